The number of nitrogens with one attached hydrogen (secondary N) is 1. The first-order valence-electron chi connectivity index (χ1n) is 9.13. The second-order valence-corrected chi connectivity index (χ2v) is 8.22. The average Bonchev–Trinajstić information content (AvgIpc) is 2.68. The van der Waals surface area contributed by atoms with Crippen LogP contribution in [0.2, 0.25) is 0 Å². The Bertz CT molecular complexity index is 1080. The predicted molar refractivity (Wildman–Crippen MR) is 122 cm³/mol. The summed E-state index contributed by atoms with van der Waals surface area (Å²) in [6.45, 7) is 4.18. The van der Waals surface area contributed by atoms with Gasteiger partial charge in [-0.2, -0.15) is 0 Å². The van der Waals surface area contributed by atoms with E-state index >= 15 is 0 Å². The van der Waals surface area contributed by atoms with Crippen LogP contribution in [0.3, 0.4) is 0 Å². The molecule has 144 valence electrons. The van der Waals surface area contributed by atoms with E-state index in [1.165, 1.54) is 5.69 Å². The zero-order valence-electron chi connectivity index (χ0n) is 15.5. The van der Waals surface area contributed by atoms with Gasteiger partial charge in [-0.1, -0.05) is 0 Å². The molecule has 0 saturated carbocycles. The standard InChI is InChI=1S/C21H21IN4O2/c1-25-8-10-26(11-9-25)16-5-3-15(4-6-16)23-13-19-18-12-14(22)2-7-17(18)20(27)24-21(19)28/h2-7,12-13H,8-11H2,1H3,(H2,24,27,28). The summed E-state index contributed by atoms with van der Waals surface area (Å²) in [5, 5.41) is 11.5. The fourth-order valence-corrected chi connectivity index (χ4v) is 3.88. The molecule has 0 amide bonds. The molecule has 0 atom stereocenters. The summed E-state index contributed by atoms with van der Waals surface area (Å²) in [5.74, 6) is -0.169. The van der Waals surface area contributed by atoms with Crippen molar-refractivity contribution >= 4 is 51.0 Å². The van der Waals surface area contributed by atoms with Crippen molar-refractivity contribution in [3.63, 3.8) is 0 Å². The molecule has 28 heavy (non-hydrogen) atoms. The molecule has 2 N–H and O–H groups in total. The molecule has 0 spiro atoms. The van der Waals surface area contributed by atoms with Gasteiger partial charge in [-0.3, -0.25) is 14.8 Å². The molecule has 2 heterocycles. The number of hydrogen-bond acceptors (Lipinski definition) is 5. The lowest BCUT2D eigenvalue weighted by Crippen LogP contribution is -2.44. The Morgan fingerprint density at radius 3 is 2.50 bits per heavy atom. The summed E-state index contributed by atoms with van der Waals surface area (Å²) >= 11 is 2.19. The Hall–Kier alpha value is -2.39. The van der Waals surface area contributed by atoms with Crippen LogP contribution in [0.15, 0.2) is 52.3 Å². The molecule has 1 fully saturated rings. The Morgan fingerprint density at radius 1 is 1.07 bits per heavy atom. The number of aliphatic imine (C=N–C) groups is 1. The minimum atomic E-state index is -0.308. The molecule has 7 heteroatoms. The Kier molecular flexibility index (Phi) is 5.36. The van der Waals surface area contributed by atoms with E-state index in [1.54, 1.807) is 12.3 Å². The molecule has 4 rings (SSSR count). The summed E-state index contributed by atoms with van der Waals surface area (Å²) in [5.41, 5.74) is 2.19. The maximum absolute atomic E-state index is 12.1. The van der Waals surface area contributed by atoms with Crippen LogP contribution < -0.4 is 10.5 Å². The molecular weight excluding hydrogens is 467 g/mol. The number of benzene rings is 2. The van der Waals surface area contributed by atoms with Crippen LogP contribution in [0.4, 0.5) is 11.4 Å². The van der Waals surface area contributed by atoms with Crippen LogP contribution in [0, 0.1) is 3.57 Å². The first-order chi connectivity index (χ1) is 13.5. The van der Waals surface area contributed by atoms with Crippen molar-refractivity contribution in [2.45, 2.75) is 0 Å². The summed E-state index contributed by atoms with van der Waals surface area (Å²) in [7, 11) is 2.14. The molecule has 0 radical (unpaired) electrons. The van der Waals surface area contributed by atoms with Gasteiger partial charge in [0.05, 0.1) is 11.3 Å². The lowest BCUT2D eigenvalue weighted by Gasteiger charge is -2.34. The predicted octanol–water partition coefficient (Wildman–Crippen LogP) is 3.34. The first-order valence-corrected chi connectivity index (χ1v) is 10.2. The fourth-order valence-electron chi connectivity index (χ4n) is 3.39. The van der Waals surface area contributed by atoms with E-state index in [0.717, 1.165) is 35.4 Å². The maximum Gasteiger partial charge on any atom is 0.258 e. The van der Waals surface area contributed by atoms with Gasteiger partial charge in [0.2, 0.25) is 5.88 Å². The molecule has 2 aromatic carbocycles. The maximum atomic E-state index is 12.1. The number of pyridine rings is 1. The Labute approximate surface area is 176 Å². The van der Waals surface area contributed by atoms with Crippen LogP contribution >= 0.6 is 22.6 Å². The van der Waals surface area contributed by atoms with Gasteiger partial charge in [0.15, 0.2) is 0 Å². The number of halogens is 1. The van der Waals surface area contributed by atoms with Crippen LogP contribution in [-0.2, 0) is 0 Å². The van der Waals surface area contributed by atoms with Crippen molar-refractivity contribution in [2.75, 3.05) is 38.1 Å². The van der Waals surface area contributed by atoms with E-state index < -0.39 is 0 Å². The summed E-state index contributed by atoms with van der Waals surface area (Å²) in [6, 6.07) is 13.6. The second kappa shape index (κ2) is 7.92. The molecular formula is C21H21IN4O2. The number of aromatic amines is 1. The van der Waals surface area contributed by atoms with Gasteiger partial charge in [-0.05, 0) is 72.1 Å². The third-order valence-electron chi connectivity index (χ3n) is 5.06. The Morgan fingerprint density at radius 2 is 1.79 bits per heavy atom. The second-order valence-electron chi connectivity index (χ2n) is 6.97. The highest BCUT2D eigenvalue weighted by Gasteiger charge is 2.14. The van der Waals surface area contributed by atoms with Gasteiger partial charge in [0.25, 0.3) is 5.56 Å². The summed E-state index contributed by atoms with van der Waals surface area (Å²) < 4.78 is 0.987. The van der Waals surface area contributed by atoms with E-state index in [4.69, 9.17) is 0 Å². The van der Waals surface area contributed by atoms with Crippen LogP contribution in [0.1, 0.15) is 5.56 Å². The normalized spacial score (nSPS) is 15.6. The molecule has 0 bridgehead atoms. The van der Waals surface area contributed by atoms with Gasteiger partial charge in [-0.25, -0.2) is 0 Å². The van der Waals surface area contributed by atoms with Crippen molar-refractivity contribution in [2.24, 2.45) is 4.99 Å². The molecule has 6 nitrogen and oxygen atoms in total. The monoisotopic (exact) mass is 488 g/mol. The number of rotatable bonds is 3. The zero-order chi connectivity index (χ0) is 19.7. The van der Waals surface area contributed by atoms with Crippen LogP contribution in [-0.4, -0.2) is 54.4 Å². The van der Waals surface area contributed by atoms with E-state index in [1.807, 2.05) is 24.3 Å². The highest BCUT2D eigenvalue weighted by Crippen LogP contribution is 2.25. The van der Waals surface area contributed by atoms with Crippen molar-refractivity contribution in [3.8, 4) is 5.88 Å². The number of anilines is 1. The van der Waals surface area contributed by atoms with Crippen molar-refractivity contribution in [1.29, 1.82) is 0 Å². The minimum absolute atomic E-state index is 0.169. The largest absolute Gasteiger partial charge is 0.494 e. The van der Waals surface area contributed by atoms with E-state index in [2.05, 4.69) is 61.5 Å². The van der Waals surface area contributed by atoms with Gasteiger partial charge in [-0.15, -0.1) is 0 Å². The van der Waals surface area contributed by atoms with E-state index in [9.17, 15) is 9.90 Å². The first kappa shape index (κ1) is 18.9. The number of hydrogen-bond donors (Lipinski definition) is 2. The van der Waals surface area contributed by atoms with Gasteiger partial charge in [0, 0.05) is 52.4 Å². The number of nitrogens with zero attached hydrogens (tertiary/aromatic N) is 3. The summed E-state index contributed by atoms with van der Waals surface area (Å²) in [4.78, 5) is 23.8. The number of aromatic nitrogens is 1. The number of H-pyrrole nitrogens is 1. The highest BCUT2D eigenvalue weighted by atomic mass is 127. The molecule has 1 aliphatic heterocycles. The third-order valence-corrected chi connectivity index (χ3v) is 5.74. The molecule has 0 aliphatic carbocycles. The molecule has 3 aromatic rings. The topological polar surface area (TPSA) is 71.9 Å². The zero-order valence-corrected chi connectivity index (χ0v) is 17.7. The van der Waals surface area contributed by atoms with Gasteiger partial charge >= 0.3 is 0 Å². The summed E-state index contributed by atoms with van der Waals surface area (Å²) in [6.07, 6.45) is 1.61. The van der Waals surface area contributed by atoms with Gasteiger partial charge in [0.1, 0.15) is 0 Å². The third kappa shape index (κ3) is 3.90. The molecule has 1 aliphatic rings. The van der Waals surface area contributed by atoms with Crippen molar-refractivity contribution < 1.29 is 5.11 Å². The number of piperazine rings is 1. The van der Waals surface area contributed by atoms with Crippen molar-refractivity contribution in [1.82, 2.24) is 9.88 Å². The van der Waals surface area contributed by atoms with Crippen LogP contribution in [0.25, 0.3) is 10.8 Å². The highest BCUT2D eigenvalue weighted by molar-refractivity contribution is 14.1. The van der Waals surface area contributed by atoms with Gasteiger partial charge < -0.3 is 14.9 Å². The molecule has 1 saturated heterocycles. The lowest BCUT2D eigenvalue weighted by atomic mass is 10.1. The van der Waals surface area contributed by atoms with E-state index in [-0.39, 0.29) is 11.4 Å². The SMILES string of the molecule is CN1CCN(c2ccc(N=Cc3c(O)[nH]c(=O)c4ccc(I)cc34)cc2)CC1. The number of aromatic hydroxyl groups is 1. The fraction of sp³-hybridized carbons (Fsp3) is 0.238. The van der Waals surface area contributed by atoms with Crippen molar-refractivity contribution in [3.05, 3.63) is 62.0 Å². The Balaban J connectivity index is 1.61. The number of likely N-dealkylation sites (N-methyl/N-ethyl adjacent to an activating group) is 1. The number of fused-ring (bicyclic) bond motifs is 1. The average molecular weight is 488 g/mol. The molecule has 1 aromatic heterocycles. The smallest absolute Gasteiger partial charge is 0.258 e. The lowest BCUT2D eigenvalue weighted by molar-refractivity contribution is 0.313. The molecule has 0 unspecified atom stereocenters. The van der Waals surface area contributed by atoms with E-state index in [0.29, 0.717) is 16.3 Å². The quantitative estimate of drug-likeness (QED) is 0.439. The minimum Gasteiger partial charge on any atom is -0.494 e. The van der Waals surface area contributed by atoms with Crippen LogP contribution in [0.5, 0.6) is 5.88 Å².